The van der Waals surface area contributed by atoms with E-state index >= 15 is 0 Å². The van der Waals surface area contributed by atoms with Gasteiger partial charge in [0.25, 0.3) is 10.0 Å². The van der Waals surface area contributed by atoms with E-state index in [1.54, 1.807) is 36.4 Å². The molecule has 1 saturated carbocycles. The predicted molar refractivity (Wildman–Crippen MR) is 146 cm³/mol. The number of pyridine rings is 1. The maximum absolute atomic E-state index is 13.2. The van der Waals surface area contributed by atoms with Crippen molar-refractivity contribution in [2.45, 2.75) is 27.7 Å². The fraction of sp³-hybridized carbons (Fsp3) is 0.111. The molecule has 5 rings (SSSR count). The van der Waals surface area contributed by atoms with Gasteiger partial charge in [0.05, 0.1) is 4.90 Å². The Balaban J connectivity index is 1.36. The summed E-state index contributed by atoms with van der Waals surface area (Å²) in [6.45, 7) is 0. The maximum Gasteiger partial charge on any atom is 0.325 e. The van der Waals surface area contributed by atoms with E-state index in [9.17, 15) is 26.7 Å². The van der Waals surface area contributed by atoms with Gasteiger partial charge in [0.15, 0.2) is 0 Å². The van der Waals surface area contributed by atoms with Crippen molar-refractivity contribution in [2.24, 2.45) is 0 Å². The van der Waals surface area contributed by atoms with Gasteiger partial charge in [0.1, 0.15) is 10.4 Å². The Labute approximate surface area is 230 Å². The van der Waals surface area contributed by atoms with Gasteiger partial charge in [-0.05, 0) is 71.6 Å². The van der Waals surface area contributed by atoms with Crippen LogP contribution < -0.4 is 9.44 Å². The Kier molecular flexibility index (Phi) is 6.93. The second-order valence-corrected chi connectivity index (χ2v) is 12.9. The molecule has 12 heteroatoms. The molecule has 1 fully saturated rings. The number of hydrogen-bond donors (Lipinski definition) is 3. The fourth-order valence-corrected chi connectivity index (χ4v) is 6.91. The van der Waals surface area contributed by atoms with E-state index in [0.717, 1.165) is 11.1 Å². The van der Waals surface area contributed by atoms with Gasteiger partial charge in [-0.25, -0.2) is 16.8 Å². The van der Waals surface area contributed by atoms with Gasteiger partial charge in [-0.3, -0.25) is 14.5 Å². The van der Waals surface area contributed by atoms with Gasteiger partial charge in [-0.2, -0.15) is 4.72 Å². The number of aliphatic carboxylic acids is 1. The lowest BCUT2D eigenvalue weighted by molar-refractivity contribution is -0.140. The molecule has 0 amide bonds. The average Bonchev–Trinajstić information content (AvgIpc) is 3.64. The summed E-state index contributed by atoms with van der Waals surface area (Å²) in [4.78, 5) is 16.0. The summed E-state index contributed by atoms with van der Waals surface area (Å²) >= 11 is 5.93. The van der Waals surface area contributed by atoms with Crippen LogP contribution in [0.1, 0.15) is 17.9 Å². The number of halogens is 1. The van der Waals surface area contributed by atoms with E-state index in [0.29, 0.717) is 10.6 Å². The Hall–Kier alpha value is -3.77. The van der Waals surface area contributed by atoms with Crippen LogP contribution in [0.3, 0.4) is 0 Å². The molecule has 0 spiro atoms. The van der Waals surface area contributed by atoms with Crippen molar-refractivity contribution in [3.63, 3.8) is 0 Å². The molecule has 1 aliphatic carbocycles. The molecule has 39 heavy (non-hydrogen) atoms. The van der Waals surface area contributed by atoms with Gasteiger partial charge in [0, 0.05) is 29.0 Å². The number of benzene rings is 3. The van der Waals surface area contributed by atoms with Crippen LogP contribution in [0.5, 0.6) is 0 Å². The number of nitrogens with one attached hydrogen (secondary N) is 2. The van der Waals surface area contributed by atoms with Crippen LogP contribution in [0.25, 0.3) is 11.1 Å². The molecule has 0 aliphatic heterocycles. The molecule has 0 saturated heterocycles. The summed E-state index contributed by atoms with van der Waals surface area (Å²) in [5.74, 6) is -2.03. The SMILES string of the molecule is O=C(O)C1(NS(=O)(=O)c2ccc(-c3ccc(Cl)cc3)cc2)C[C@H]1c1cccc(NS(=O)(=O)c2cccnc2)c1. The summed E-state index contributed by atoms with van der Waals surface area (Å²) in [5, 5.41) is 10.6. The zero-order valence-corrected chi connectivity index (χ0v) is 22.5. The van der Waals surface area contributed by atoms with E-state index in [1.165, 1.54) is 48.8 Å². The van der Waals surface area contributed by atoms with Crippen LogP contribution in [0.15, 0.2) is 107 Å². The van der Waals surface area contributed by atoms with Crippen molar-refractivity contribution >= 4 is 43.3 Å². The zero-order valence-electron chi connectivity index (χ0n) is 20.2. The average molecular weight is 584 g/mol. The fourth-order valence-electron chi connectivity index (χ4n) is 4.36. The molecule has 9 nitrogen and oxygen atoms in total. The molecule has 3 aromatic carbocycles. The van der Waals surface area contributed by atoms with E-state index in [-0.39, 0.29) is 21.9 Å². The summed E-state index contributed by atoms with van der Waals surface area (Å²) in [7, 11) is -8.11. The standard InChI is InChI=1S/C27H22ClN3O6S2/c28-21-10-6-18(7-11-21)19-8-12-23(13-9-19)39(36,37)31-27(26(32)33)16-25(27)20-3-1-4-22(15-20)30-38(34,35)24-5-2-14-29-17-24/h1-15,17,25,30-31H,16H2,(H,32,33)/t25-,27?/m0/s1. The summed E-state index contributed by atoms with van der Waals surface area (Å²) < 4.78 is 56.5. The smallest absolute Gasteiger partial charge is 0.325 e. The second-order valence-electron chi connectivity index (χ2n) is 9.09. The number of nitrogens with zero attached hydrogens (tertiary/aromatic N) is 1. The van der Waals surface area contributed by atoms with Gasteiger partial charge < -0.3 is 5.11 Å². The molecule has 1 aliphatic rings. The van der Waals surface area contributed by atoms with E-state index in [2.05, 4.69) is 14.4 Å². The van der Waals surface area contributed by atoms with Gasteiger partial charge >= 0.3 is 5.97 Å². The van der Waals surface area contributed by atoms with Crippen LogP contribution >= 0.6 is 11.6 Å². The minimum atomic E-state index is -4.19. The molecule has 1 aromatic heterocycles. The van der Waals surface area contributed by atoms with Crippen molar-refractivity contribution in [2.75, 3.05) is 4.72 Å². The van der Waals surface area contributed by atoms with Crippen LogP contribution in [0.2, 0.25) is 5.02 Å². The third-order valence-corrected chi connectivity index (χ3v) is 9.63. The quantitative estimate of drug-likeness (QED) is 0.263. The lowest BCUT2D eigenvalue weighted by Crippen LogP contribution is -2.44. The first-order chi connectivity index (χ1) is 18.5. The Morgan fingerprint density at radius 2 is 1.54 bits per heavy atom. The molecule has 4 aromatic rings. The third-order valence-electron chi connectivity index (χ3n) is 6.49. The highest BCUT2D eigenvalue weighted by Crippen LogP contribution is 2.53. The first-order valence-electron chi connectivity index (χ1n) is 11.7. The molecule has 0 bridgehead atoms. The first kappa shape index (κ1) is 26.8. The summed E-state index contributed by atoms with van der Waals surface area (Å²) in [6.07, 6.45) is 2.66. The van der Waals surface area contributed by atoms with E-state index in [4.69, 9.17) is 11.6 Å². The second kappa shape index (κ2) is 10.1. The number of aromatic nitrogens is 1. The molecule has 3 N–H and O–H groups in total. The summed E-state index contributed by atoms with van der Waals surface area (Å²) in [5.41, 5.74) is 0.537. The number of anilines is 1. The minimum Gasteiger partial charge on any atom is -0.480 e. The van der Waals surface area contributed by atoms with E-state index < -0.39 is 37.5 Å². The zero-order chi connectivity index (χ0) is 27.8. The molecule has 1 unspecified atom stereocenters. The minimum absolute atomic E-state index is 0.00320. The van der Waals surface area contributed by atoms with Crippen LogP contribution in [-0.4, -0.2) is 38.4 Å². The first-order valence-corrected chi connectivity index (χ1v) is 15.0. The molecular formula is C27H22ClN3O6S2. The monoisotopic (exact) mass is 583 g/mol. The third kappa shape index (κ3) is 5.52. The van der Waals surface area contributed by atoms with Crippen molar-refractivity contribution in [1.29, 1.82) is 0 Å². The number of carboxylic acid groups (broad SMARTS) is 1. The number of rotatable bonds is 9. The lowest BCUT2D eigenvalue weighted by Gasteiger charge is -2.16. The van der Waals surface area contributed by atoms with Crippen LogP contribution in [-0.2, 0) is 24.8 Å². The highest BCUT2D eigenvalue weighted by molar-refractivity contribution is 7.92. The van der Waals surface area contributed by atoms with Gasteiger partial charge in [-0.15, -0.1) is 0 Å². The highest BCUT2D eigenvalue weighted by Gasteiger charge is 2.63. The predicted octanol–water partition coefficient (Wildman–Crippen LogP) is 4.49. The van der Waals surface area contributed by atoms with Crippen molar-refractivity contribution in [3.05, 3.63) is 108 Å². The molecule has 200 valence electrons. The Bertz CT molecular complexity index is 1750. The molecule has 0 radical (unpaired) electrons. The number of carboxylic acids is 1. The number of carbonyl (C=O) groups is 1. The van der Waals surface area contributed by atoms with Crippen molar-refractivity contribution in [3.8, 4) is 11.1 Å². The Morgan fingerprint density at radius 1 is 0.872 bits per heavy atom. The van der Waals surface area contributed by atoms with Crippen molar-refractivity contribution in [1.82, 2.24) is 9.71 Å². The number of hydrogen-bond acceptors (Lipinski definition) is 6. The van der Waals surface area contributed by atoms with Gasteiger partial charge in [-0.1, -0.05) is 48.0 Å². The normalized spacial score (nSPS) is 18.8. The topological polar surface area (TPSA) is 143 Å². The molecular weight excluding hydrogens is 562 g/mol. The van der Waals surface area contributed by atoms with Crippen LogP contribution in [0, 0.1) is 0 Å². The largest absolute Gasteiger partial charge is 0.480 e. The Morgan fingerprint density at radius 3 is 2.15 bits per heavy atom. The molecule has 1 heterocycles. The molecule has 2 atom stereocenters. The van der Waals surface area contributed by atoms with Crippen molar-refractivity contribution < 1.29 is 26.7 Å². The van der Waals surface area contributed by atoms with E-state index in [1.807, 2.05) is 12.1 Å². The number of sulfonamides is 2. The lowest BCUT2D eigenvalue weighted by atomic mass is 10.1. The summed E-state index contributed by atoms with van der Waals surface area (Å²) in [6, 6.07) is 22.3. The highest BCUT2D eigenvalue weighted by atomic mass is 35.5. The maximum atomic E-state index is 13.2. The van der Waals surface area contributed by atoms with Gasteiger partial charge in [0.2, 0.25) is 10.0 Å². The van der Waals surface area contributed by atoms with Crippen LogP contribution in [0.4, 0.5) is 5.69 Å².